The number of rotatable bonds is 8. The molecule has 1 aromatic carbocycles. The predicted molar refractivity (Wildman–Crippen MR) is 89.0 cm³/mol. The van der Waals surface area contributed by atoms with Gasteiger partial charge < -0.3 is 9.63 Å². The molecule has 2 heterocycles. The van der Waals surface area contributed by atoms with Crippen molar-refractivity contribution in [3.05, 3.63) is 77.7 Å². The maximum atomic E-state index is 9.27. The Morgan fingerprint density at radius 3 is 2.58 bits per heavy atom. The van der Waals surface area contributed by atoms with Gasteiger partial charge in [0.15, 0.2) is 5.82 Å². The molecule has 6 heteroatoms. The number of nitrogens with zero attached hydrogens (tertiary/aromatic N) is 4. The molecule has 0 aliphatic heterocycles. The zero-order valence-electron chi connectivity index (χ0n) is 13.4. The van der Waals surface area contributed by atoms with Gasteiger partial charge in [0.1, 0.15) is 0 Å². The summed E-state index contributed by atoms with van der Waals surface area (Å²) in [6.45, 7) is 1.78. The van der Waals surface area contributed by atoms with Gasteiger partial charge in [-0.2, -0.15) is 4.98 Å². The molecule has 0 radical (unpaired) electrons. The van der Waals surface area contributed by atoms with Gasteiger partial charge in [0.05, 0.1) is 13.2 Å². The van der Waals surface area contributed by atoms with Gasteiger partial charge in [-0.1, -0.05) is 41.6 Å². The fourth-order valence-electron chi connectivity index (χ4n) is 2.50. The van der Waals surface area contributed by atoms with Crippen LogP contribution in [0.5, 0.6) is 0 Å². The molecular weight excluding hydrogens is 304 g/mol. The smallest absolute Gasteiger partial charge is 0.240 e. The summed E-state index contributed by atoms with van der Waals surface area (Å²) < 4.78 is 5.35. The largest absolute Gasteiger partial charge is 0.395 e. The topological polar surface area (TPSA) is 75.3 Å². The summed E-state index contributed by atoms with van der Waals surface area (Å²) in [5.41, 5.74) is 2.22. The van der Waals surface area contributed by atoms with Crippen molar-refractivity contribution >= 4 is 0 Å². The molecule has 24 heavy (non-hydrogen) atoms. The molecule has 2 aromatic heterocycles. The van der Waals surface area contributed by atoms with E-state index in [2.05, 4.69) is 20.0 Å². The Labute approximate surface area is 140 Å². The Morgan fingerprint density at radius 2 is 1.83 bits per heavy atom. The van der Waals surface area contributed by atoms with Crippen molar-refractivity contribution in [1.82, 2.24) is 20.0 Å². The van der Waals surface area contributed by atoms with Crippen molar-refractivity contribution in [2.75, 3.05) is 13.2 Å². The molecule has 0 spiro atoms. The summed E-state index contributed by atoms with van der Waals surface area (Å²) in [5, 5.41) is 13.3. The first-order valence-electron chi connectivity index (χ1n) is 7.91. The molecule has 0 aliphatic carbocycles. The van der Waals surface area contributed by atoms with Crippen LogP contribution in [-0.4, -0.2) is 38.3 Å². The van der Waals surface area contributed by atoms with E-state index in [1.165, 1.54) is 0 Å². The van der Waals surface area contributed by atoms with E-state index in [0.717, 1.165) is 11.1 Å². The summed E-state index contributed by atoms with van der Waals surface area (Å²) >= 11 is 0. The van der Waals surface area contributed by atoms with Crippen LogP contribution >= 0.6 is 0 Å². The predicted octanol–water partition coefficient (Wildman–Crippen LogP) is 2.05. The minimum absolute atomic E-state index is 0.0747. The number of aliphatic hydroxyl groups excluding tert-OH is 1. The number of benzene rings is 1. The maximum absolute atomic E-state index is 9.27. The Hall–Kier alpha value is -2.57. The van der Waals surface area contributed by atoms with Gasteiger partial charge in [-0.25, -0.2) is 0 Å². The molecular formula is C18H20N4O2. The van der Waals surface area contributed by atoms with Gasteiger partial charge in [-0.15, -0.1) is 0 Å². The Balaban J connectivity index is 1.62. The molecule has 0 saturated carbocycles. The quantitative estimate of drug-likeness (QED) is 0.683. The normalized spacial score (nSPS) is 11.1. The van der Waals surface area contributed by atoms with Crippen molar-refractivity contribution in [1.29, 1.82) is 0 Å². The molecule has 0 saturated heterocycles. The Morgan fingerprint density at radius 1 is 1.00 bits per heavy atom. The van der Waals surface area contributed by atoms with E-state index in [1.54, 1.807) is 6.20 Å². The van der Waals surface area contributed by atoms with Gasteiger partial charge in [0, 0.05) is 31.9 Å². The average Bonchev–Trinajstić information content (AvgIpc) is 3.04. The Kier molecular flexibility index (Phi) is 5.65. The summed E-state index contributed by atoms with van der Waals surface area (Å²) in [7, 11) is 0. The van der Waals surface area contributed by atoms with Crippen LogP contribution in [0.25, 0.3) is 0 Å². The summed E-state index contributed by atoms with van der Waals surface area (Å²) in [5.74, 6) is 1.22. The van der Waals surface area contributed by atoms with E-state index in [0.29, 0.717) is 37.8 Å². The monoisotopic (exact) mass is 324 g/mol. The van der Waals surface area contributed by atoms with Gasteiger partial charge in [0.2, 0.25) is 5.89 Å². The van der Waals surface area contributed by atoms with Crippen LogP contribution in [0.4, 0.5) is 0 Å². The lowest BCUT2D eigenvalue weighted by molar-refractivity contribution is 0.167. The molecule has 0 unspecified atom stereocenters. The third-order valence-electron chi connectivity index (χ3n) is 3.62. The highest BCUT2D eigenvalue weighted by Gasteiger charge is 2.13. The first kappa shape index (κ1) is 16.3. The number of hydrogen-bond acceptors (Lipinski definition) is 6. The molecule has 124 valence electrons. The summed E-state index contributed by atoms with van der Waals surface area (Å²) in [6.07, 6.45) is 4.21. The maximum Gasteiger partial charge on any atom is 0.240 e. The fraction of sp³-hybridized carbons (Fsp3) is 0.278. The summed E-state index contributed by atoms with van der Waals surface area (Å²) in [6, 6.07) is 14.0. The molecule has 0 aliphatic rings. The zero-order valence-corrected chi connectivity index (χ0v) is 13.4. The molecule has 0 fully saturated rings. The number of hydrogen-bond donors (Lipinski definition) is 1. The van der Waals surface area contributed by atoms with Crippen molar-refractivity contribution in [2.24, 2.45) is 0 Å². The standard InChI is InChI=1S/C18H20N4O2/c23-10-9-22(13-16-7-4-8-19-12-16)14-18-20-17(21-24-18)11-15-5-2-1-3-6-15/h1-8,12,23H,9-11,13-14H2. The first-order valence-corrected chi connectivity index (χ1v) is 7.91. The van der Waals surface area contributed by atoms with Crippen LogP contribution in [0.2, 0.25) is 0 Å². The van der Waals surface area contributed by atoms with Gasteiger partial charge in [-0.05, 0) is 17.2 Å². The lowest BCUT2D eigenvalue weighted by atomic mass is 10.1. The van der Waals surface area contributed by atoms with Crippen LogP contribution < -0.4 is 0 Å². The molecule has 6 nitrogen and oxygen atoms in total. The second kappa shape index (κ2) is 8.33. The lowest BCUT2D eigenvalue weighted by Crippen LogP contribution is -2.26. The molecule has 0 amide bonds. The SMILES string of the molecule is OCCN(Cc1cccnc1)Cc1nc(Cc2ccccc2)no1. The molecule has 0 atom stereocenters. The van der Waals surface area contributed by atoms with Gasteiger partial charge in [0.25, 0.3) is 0 Å². The van der Waals surface area contributed by atoms with E-state index in [1.807, 2.05) is 48.7 Å². The van der Waals surface area contributed by atoms with E-state index < -0.39 is 0 Å². The van der Waals surface area contributed by atoms with Gasteiger partial charge in [-0.3, -0.25) is 9.88 Å². The van der Waals surface area contributed by atoms with E-state index in [9.17, 15) is 5.11 Å². The van der Waals surface area contributed by atoms with Crippen LogP contribution in [0.15, 0.2) is 59.4 Å². The lowest BCUT2D eigenvalue weighted by Gasteiger charge is -2.18. The van der Waals surface area contributed by atoms with Crippen molar-refractivity contribution < 1.29 is 9.63 Å². The van der Waals surface area contributed by atoms with Gasteiger partial charge >= 0.3 is 0 Å². The molecule has 3 rings (SSSR count). The second-order valence-corrected chi connectivity index (χ2v) is 5.56. The van der Waals surface area contributed by atoms with Crippen LogP contribution in [0.1, 0.15) is 22.8 Å². The highest BCUT2D eigenvalue weighted by molar-refractivity contribution is 5.18. The average molecular weight is 324 g/mol. The minimum atomic E-state index is 0.0747. The first-order chi connectivity index (χ1) is 11.8. The summed E-state index contributed by atoms with van der Waals surface area (Å²) in [4.78, 5) is 10.6. The fourth-order valence-corrected chi connectivity index (χ4v) is 2.50. The van der Waals surface area contributed by atoms with E-state index in [4.69, 9.17) is 4.52 Å². The van der Waals surface area contributed by atoms with Crippen molar-refractivity contribution in [3.8, 4) is 0 Å². The third-order valence-corrected chi connectivity index (χ3v) is 3.62. The highest BCUT2D eigenvalue weighted by atomic mass is 16.5. The number of aromatic nitrogens is 3. The molecule has 0 bridgehead atoms. The minimum Gasteiger partial charge on any atom is -0.395 e. The van der Waals surface area contributed by atoms with Crippen LogP contribution in [0, 0.1) is 0 Å². The zero-order chi connectivity index (χ0) is 16.6. The molecule has 1 N–H and O–H groups in total. The van der Waals surface area contributed by atoms with Crippen LogP contribution in [-0.2, 0) is 19.5 Å². The molecule has 3 aromatic rings. The number of pyridine rings is 1. The Bertz CT molecular complexity index is 731. The second-order valence-electron chi connectivity index (χ2n) is 5.56. The van der Waals surface area contributed by atoms with Crippen LogP contribution in [0.3, 0.4) is 0 Å². The van der Waals surface area contributed by atoms with E-state index >= 15 is 0 Å². The van der Waals surface area contributed by atoms with Crippen molar-refractivity contribution in [3.63, 3.8) is 0 Å². The van der Waals surface area contributed by atoms with E-state index in [-0.39, 0.29) is 6.61 Å². The highest BCUT2D eigenvalue weighted by Crippen LogP contribution is 2.10. The third kappa shape index (κ3) is 4.71. The van der Waals surface area contributed by atoms with Crippen molar-refractivity contribution in [2.45, 2.75) is 19.5 Å². The number of aliphatic hydroxyl groups is 1.